The van der Waals surface area contributed by atoms with E-state index in [9.17, 15) is 10.1 Å². The van der Waals surface area contributed by atoms with E-state index >= 15 is 0 Å². The average Bonchev–Trinajstić information content (AvgIpc) is 3.25. The molecule has 4 rings (SSSR count). The number of thioether (sulfide) groups is 2. The summed E-state index contributed by atoms with van der Waals surface area (Å²) in [6.45, 7) is 0. The van der Waals surface area contributed by atoms with Gasteiger partial charge in [-0.3, -0.25) is 9.69 Å². The fraction of sp³-hybridized carbons (Fsp3) is 0.273. The molecular weight excluding hydrogens is 446 g/mol. The van der Waals surface area contributed by atoms with Crippen LogP contribution in [-0.4, -0.2) is 28.0 Å². The van der Waals surface area contributed by atoms with E-state index in [1.165, 1.54) is 23.1 Å². The summed E-state index contributed by atoms with van der Waals surface area (Å²) < 4.78 is 0.721. The minimum absolute atomic E-state index is 0.0527. The van der Waals surface area contributed by atoms with Crippen LogP contribution in [0.5, 0.6) is 0 Å². The molecule has 0 radical (unpaired) electrons. The second-order valence-electron chi connectivity index (χ2n) is 6.93. The fourth-order valence-electron chi connectivity index (χ4n) is 3.89. The first kappa shape index (κ1) is 21.5. The molecule has 0 saturated heterocycles. The van der Waals surface area contributed by atoms with Gasteiger partial charge >= 0.3 is 0 Å². The Labute approximate surface area is 193 Å². The summed E-state index contributed by atoms with van der Waals surface area (Å²) in [5, 5.41) is 19.1. The van der Waals surface area contributed by atoms with Gasteiger partial charge < -0.3 is 5.73 Å². The molecule has 0 saturated carbocycles. The standard InChI is InChI=1S/C22H19N5OS3/c1-3-11-30-22-26-25-21(31-22)27-16-5-4-6-17(28)19(16)18(15(12-23)20(27)24)13-7-9-14(29-2)10-8-13/h1,7-10,18H,4-6,11,24H2,2H3. The van der Waals surface area contributed by atoms with E-state index in [2.05, 4.69) is 22.2 Å². The number of nitrogens with two attached hydrogens (primary N) is 1. The first-order chi connectivity index (χ1) is 15.1. The number of benzene rings is 1. The molecule has 1 aliphatic carbocycles. The molecule has 1 unspecified atom stereocenters. The zero-order valence-corrected chi connectivity index (χ0v) is 19.2. The Morgan fingerprint density at radius 3 is 2.77 bits per heavy atom. The zero-order chi connectivity index (χ0) is 22.0. The van der Waals surface area contributed by atoms with Crippen LogP contribution in [0.2, 0.25) is 0 Å². The highest BCUT2D eigenvalue weighted by molar-refractivity contribution is 8.01. The van der Waals surface area contributed by atoms with E-state index in [-0.39, 0.29) is 5.78 Å². The molecule has 1 atom stereocenters. The molecule has 6 nitrogen and oxygen atoms in total. The van der Waals surface area contributed by atoms with Crippen LogP contribution >= 0.6 is 34.9 Å². The van der Waals surface area contributed by atoms with Gasteiger partial charge in [0.05, 0.1) is 23.3 Å². The lowest BCUT2D eigenvalue weighted by atomic mass is 9.76. The molecule has 2 aliphatic rings. The number of hydrogen-bond donors (Lipinski definition) is 1. The number of hydrogen-bond acceptors (Lipinski definition) is 9. The number of ketones is 1. The third kappa shape index (κ3) is 3.97. The minimum Gasteiger partial charge on any atom is -0.384 e. The number of rotatable bonds is 5. The number of carbonyl (C=O) groups is 1. The molecule has 2 aromatic rings. The van der Waals surface area contributed by atoms with Crippen molar-refractivity contribution in [1.29, 1.82) is 5.26 Å². The van der Waals surface area contributed by atoms with Crippen molar-refractivity contribution in [1.82, 2.24) is 10.2 Å². The number of carbonyl (C=O) groups excluding carboxylic acids is 1. The summed E-state index contributed by atoms with van der Waals surface area (Å²) in [7, 11) is 0. The van der Waals surface area contributed by atoms with Crippen molar-refractivity contribution in [2.75, 3.05) is 16.9 Å². The molecule has 1 aromatic carbocycles. The number of terminal acetylenes is 1. The Hall–Kier alpha value is -2.72. The SMILES string of the molecule is C#CCSc1nnc(N2C(N)=C(C#N)C(c3ccc(SC)cc3)C3=C2CCCC3=O)s1. The normalized spacial score (nSPS) is 18.6. The van der Waals surface area contributed by atoms with Crippen molar-refractivity contribution in [3.63, 3.8) is 0 Å². The number of nitriles is 1. The molecular formula is C22H19N5OS3. The highest BCUT2D eigenvalue weighted by Gasteiger charge is 2.41. The molecule has 0 bridgehead atoms. The van der Waals surface area contributed by atoms with Crippen LogP contribution in [0.25, 0.3) is 0 Å². The highest BCUT2D eigenvalue weighted by atomic mass is 32.2. The largest absolute Gasteiger partial charge is 0.384 e. The molecule has 2 N–H and O–H groups in total. The maximum atomic E-state index is 13.1. The van der Waals surface area contributed by atoms with Crippen molar-refractivity contribution < 1.29 is 4.79 Å². The molecule has 1 aromatic heterocycles. The summed E-state index contributed by atoms with van der Waals surface area (Å²) in [6, 6.07) is 10.2. The second-order valence-corrected chi connectivity index (χ2v) is 9.99. The summed E-state index contributed by atoms with van der Waals surface area (Å²) in [6.07, 6.45) is 9.23. The third-order valence-corrected chi connectivity index (χ3v) is 7.92. The number of allylic oxidation sites excluding steroid dienone is 3. The number of anilines is 1. The van der Waals surface area contributed by atoms with Gasteiger partial charge in [-0.25, -0.2) is 0 Å². The Morgan fingerprint density at radius 2 is 2.10 bits per heavy atom. The van der Waals surface area contributed by atoms with Crippen LogP contribution < -0.4 is 10.6 Å². The van der Waals surface area contributed by atoms with Gasteiger partial charge in [0.25, 0.3) is 0 Å². The van der Waals surface area contributed by atoms with E-state index in [4.69, 9.17) is 12.2 Å². The lowest BCUT2D eigenvalue weighted by Crippen LogP contribution is -2.38. The predicted octanol–water partition coefficient (Wildman–Crippen LogP) is 4.29. The van der Waals surface area contributed by atoms with Crippen LogP contribution in [0.3, 0.4) is 0 Å². The van der Waals surface area contributed by atoms with E-state index < -0.39 is 5.92 Å². The van der Waals surface area contributed by atoms with Gasteiger partial charge in [-0.05, 0) is 36.8 Å². The topological polar surface area (TPSA) is 95.9 Å². The Bertz CT molecular complexity index is 1170. The monoisotopic (exact) mass is 465 g/mol. The quantitative estimate of drug-likeness (QED) is 0.516. The molecule has 1 aliphatic heterocycles. The maximum absolute atomic E-state index is 13.1. The summed E-state index contributed by atoms with van der Waals surface area (Å²) >= 11 is 4.42. The van der Waals surface area contributed by atoms with Gasteiger partial charge in [0, 0.05) is 22.6 Å². The fourth-order valence-corrected chi connectivity index (χ4v) is 5.86. The van der Waals surface area contributed by atoms with E-state index in [0.717, 1.165) is 26.9 Å². The van der Waals surface area contributed by atoms with Gasteiger partial charge in [-0.2, -0.15) is 5.26 Å². The minimum atomic E-state index is -0.469. The molecule has 31 heavy (non-hydrogen) atoms. The van der Waals surface area contributed by atoms with Gasteiger partial charge in [0.15, 0.2) is 10.1 Å². The van der Waals surface area contributed by atoms with Crippen molar-refractivity contribution in [2.24, 2.45) is 5.73 Å². The number of aromatic nitrogens is 2. The lowest BCUT2D eigenvalue weighted by Gasteiger charge is -2.38. The Morgan fingerprint density at radius 1 is 1.32 bits per heavy atom. The van der Waals surface area contributed by atoms with Gasteiger partial charge in [-0.15, -0.1) is 28.4 Å². The molecule has 156 valence electrons. The third-order valence-electron chi connectivity index (χ3n) is 5.23. The molecule has 9 heteroatoms. The Balaban J connectivity index is 1.85. The van der Waals surface area contributed by atoms with E-state index in [0.29, 0.717) is 40.7 Å². The summed E-state index contributed by atoms with van der Waals surface area (Å²) in [5.74, 6) is 2.95. The summed E-state index contributed by atoms with van der Waals surface area (Å²) in [5.41, 5.74) is 9.25. The van der Waals surface area contributed by atoms with Crippen molar-refractivity contribution >= 4 is 45.8 Å². The van der Waals surface area contributed by atoms with Gasteiger partial charge in [0.2, 0.25) is 5.13 Å². The average molecular weight is 466 g/mol. The smallest absolute Gasteiger partial charge is 0.219 e. The van der Waals surface area contributed by atoms with Crippen LogP contribution in [0.15, 0.2) is 56.2 Å². The first-order valence-electron chi connectivity index (χ1n) is 9.58. The van der Waals surface area contributed by atoms with Crippen molar-refractivity contribution in [3.8, 4) is 18.4 Å². The zero-order valence-electron chi connectivity index (χ0n) is 16.8. The van der Waals surface area contributed by atoms with Crippen molar-refractivity contribution in [3.05, 3.63) is 52.5 Å². The molecule has 0 spiro atoms. The number of nitrogens with zero attached hydrogens (tertiary/aromatic N) is 4. The lowest BCUT2D eigenvalue weighted by molar-refractivity contribution is -0.116. The van der Waals surface area contributed by atoms with Crippen LogP contribution in [0.1, 0.15) is 30.7 Å². The highest BCUT2D eigenvalue weighted by Crippen LogP contribution is 2.47. The maximum Gasteiger partial charge on any atom is 0.219 e. The van der Waals surface area contributed by atoms with Crippen molar-refractivity contribution in [2.45, 2.75) is 34.4 Å². The molecule has 2 heterocycles. The van der Waals surface area contributed by atoms with E-state index in [1.54, 1.807) is 16.7 Å². The van der Waals surface area contributed by atoms with Crippen LogP contribution in [0.4, 0.5) is 5.13 Å². The van der Waals surface area contributed by atoms with Crippen LogP contribution in [-0.2, 0) is 4.79 Å². The molecule has 0 amide bonds. The second kappa shape index (κ2) is 9.19. The molecule has 0 fully saturated rings. The first-order valence-corrected chi connectivity index (χ1v) is 12.6. The Kier molecular flexibility index (Phi) is 6.38. The van der Waals surface area contributed by atoms with Gasteiger partial charge in [-0.1, -0.05) is 41.2 Å². The van der Waals surface area contributed by atoms with E-state index in [1.807, 2.05) is 30.5 Å². The number of Topliss-reactive ketones (excluding diaryl/α,β-unsaturated/α-hetero) is 1. The predicted molar refractivity (Wildman–Crippen MR) is 126 cm³/mol. The summed E-state index contributed by atoms with van der Waals surface area (Å²) in [4.78, 5) is 16.0. The van der Waals surface area contributed by atoms with Crippen LogP contribution in [0, 0.1) is 23.7 Å². The van der Waals surface area contributed by atoms with Gasteiger partial charge in [0.1, 0.15) is 5.82 Å².